The van der Waals surface area contributed by atoms with Gasteiger partial charge in [-0.25, -0.2) is 8.42 Å². The van der Waals surface area contributed by atoms with Crippen LogP contribution in [-0.4, -0.2) is 21.3 Å². The van der Waals surface area contributed by atoms with Crippen LogP contribution < -0.4 is 4.74 Å². The van der Waals surface area contributed by atoms with Crippen LogP contribution in [0.25, 0.3) is 12.2 Å². The van der Waals surface area contributed by atoms with E-state index in [1.54, 1.807) is 24.3 Å². The summed E-state index contributed by atoms with van der Waals surface area (Å²) in [6, 6.07) is 14.8. The van der Waals surface area contributed by atoms with E-state index in [9.17, 15) is 8.42 Å². The minimum absolute atomic E-state index is 0.304. The van der Waals surface area contributed by atoms with Crippen LogP contribution >= 0.6 is 0 Å². The minimum Gasteiger partial charge on any atom is -0.494 e. The Morgan fingerprint density at radius 2 is 1.76 bits per heavy atom. The molecule has 4 heteroatoms. The van der Waals surface area contributed by atoms with Gasteiger partial charge < -0.3 is 4.74 Å². The van der Waals surface area contributed by atoms with Crippen molar-refractivity contribution in [3.05, 3.63) is 59.7 Å². The summed E-state index contributed by atoms with van der Waals surface area (Å²) in [5.74, 6) is 0.664. The van der Waals surface area contributed by atoms with Gasteiger partial charge in [-0.2, -0.15) is 0 Å². The van der Waals surface area contributed by atoms with E-state index in [2.05, 4.69) is 0 Å². The van der Waals surface area contributed by atoms with E-state index in [1.807, 2.05) is 43.3 Å². The molecule has 0 spiro atoms. The van der Waals surface area contributed by atoms with Gasteiger partial charge in [-0.3, -0.25) is 0 Å². The Kier molecular flexibility index (Phi) is 4.81. The van der Waals surface area contributed by atoms with Gasteiger partial charge in [-0.15, -0.1) is 0 Å². The molecule has 0 unspecified atom stereocenters. The Hall–Kier alpha value is -2.07. The van der Waals surface area contributed by atoms with Crippen LogP contribution in [0.2, 0.25) is 0 Å². The normalized spacial score (nSPS) is 11.7. The average molecular weight is 302 g/mol. The summed E-state index contributed by atoms with van der Waals surface area (Å²) >= 11 is 0. The van der Waals surface area contributed by atoms with E-state index in [0.717, 1.165) is 5.56 Å². The molecule has 0 aliphatic rings. The fourth-order valence-corrected chi connectivity index (χ4v) is 2.87. The molecule has 0 fully saturated rings. The summed E-state index contributed by atoms with van der Waals surface area (Å²) in [5, 5.41) is 0. The average Bonchev–Trinajstić information content (AvgIpc) is 2.45. The van der Waals surface area contributed by atoms with Crippen molar-refractivity contribution in [2.45, 2.75) is 11.8 Å². The number of hydrogen-bond acceptors (Lipinski definition) is 3. The molecular weight excluding hydrogens is 284 g/mol. The molecule has 0 bridgehead atoms. The topological polar surface area (TPSA) is 43.4 Å². The molecule has 0 saturated carbocycles. The zero-order valence-electron chi connectivity index (χ0n) is 12.1. The fraction of sp³-hybridized carbons (Fsp3) is 0.176. The summed E-state index contributed by atoms with van der Waals surface area (Å²) in [7, 11) is -3.28. The van der Waals surface area contributed by atoms with E-state index in [-0.39, 0.29) is 0 Å². The van der Waals surface area contributed by atoms with Gasteiger partial charge in [0.25, 0.3) is 0 Å². The molecule has 0 saturated heterocycles. The van der Waals surface area contributed by atoms with Gasteiger partial charge >= 0.3 is 0 Å². The number of benzene rings is 2. The van der Waals surface area contributed by atoms with Crippen molar-refractivity contribution in [3.8, 4) is 5.75 Å². The van der Waals surface area contributed by atoms with Gasteiger partial charge in [0, 0.05) is 6.26 Å². The smallest absolute Gasteiger partial charge is 0.176 e. The van der Waals surface area contributed by atoms with Crippen molar-refractivity contribution >= 4 is 22.0 Å². The summed E-state index contributed by atoms with van der Waals surface area (Å²) in [6.45, 7) is 2.43. The van der Waals surface area contributed by atoms with Crippen molar-refractivity contribution in [2.75, 3.05) is 12.9 Å². The number of sulfone groups is 1. The maximum absolute atomic E-state index is 11.9. The molecule has 0 heterocycles. The third kappa shape index (κ3) is 4.20. The van der Waals surface area contributed by atoms with Crippen LogP contribution in [0, 0.1) is 0 Å². The van der Waals surface area contributed by atoms with E-state index < -0.39 is 9.84 Å². The first-order valence-corrected chi connectivity index (χ1v) is 8.60. The third-order valence-corrected chi connectivity index (χ3v) is 4.12. The SMILES string of the molecule is CCOc1ccc(S(C)(=O)=O)c(/C=C/c2ccccc2)c1. The lowest BCUT2D eigenvalue weighted by Crippen LogP contribution is -2.01. The molecule has 3 nitrogen and oxygen atoms in total. The number of rotatable bonds is 5. The van der Waals surface area contributed by atoms with Crippen molar-refractivity contribution in [3.63, 3.8) is 0 Å². The summed E-state index contributed by atoms with van der Waals surface area (Å²) < 4.78 is 29.2. The van der Waals surface area contributed by atoms with E-state index >= 15 is 0 Å². The Balaban J connectivity index is 2.44. The molecule has 0 N–H and O–H groups in total. The quantitative estimate of drug-likeness (QED) is 0.792. The highest BCUT2D eigenvalue weighted by molar-refractivity contribution is 7.90. The first-order chi connectivity index (χ1) is 10.0. The highest BCUT2D eigenvalue weighted by Gasteiger charge is 2.12. The van der Waals surface area contributed by atoms with E-state index in [4.69, 9.17) is 4.74 Å². The summed E-state index contributed by atoms with van der Waals surface area (Å²) in [6.07, 6.45) is 4.90. The molecule has 110 valence electrons. The van der Waals surface area contributed by atoms with Crippen molar-refractivity contribution in [1.29, 1.82) is 0 Å². The molecule has 2 aromatic rings. The van der Waals surface area contributed by atoms with Gasteiger partial charge in [-0.1, -0.05) is 42.5 Å². The lowest BCUT2D eigenvalue weighted by molar-refractivity contribution is 0.340. The van der Waals surface area contributed by atoms with E-state index in [1.165, 1.54) is 6.26 Å². The largest absolute Gasteiger partial charge is 0.494 e. The first-order valence-electron chi connectivity index (χ1n) is 6.71. The van der Waals surface area contributed by atoms with Crippen LogP contribution in [-0.2, 0) is 9.84 Å². The molecule has 0 aromatic heterocycles. The second-order valence-corrected chi connectivity index (χ2v) is 6.63. The second kappa shape index (κ2) is 6.59. The first kappa shape index (κ1) is 15.3. The molecule has 2 rings (SSSR count). The number of ether oxygens (including phenoxy) is 1. The molecule has 0 amide bonds. The zero-order valence-corrected chi connectivity index (χ0v) is 12.9. The minimum atomic E-state index is -3.28. The zero-order chi connectivity index (χ0) is 15.3. The van der Waals surface area contributed by atoms with Crippen LogP contribution in [0.5, 0.6) is 5.75 Å². The number of hydrogen-bond donors (Lipinski definition) is 0. The molecule has 2 aromatic carbocycles. The Morgan fingerprint density at radius 3 is 2.38 bits per heavy atom. The Morgan fingerprint density at radius 1 is 1.05 bits per heavy atom. The second-order valence-electron chi connectivity index (χ2n) is 4.65. The van der Waals surface area contributed by atoms with Crippen LogP contribution in [0.3, 0.4) is 0 Å². The lowest BCUT2D eigenvalue weighted by atomic mass is 10.1. The van der Waals surface area contributed by atoms with Crippen LogP contribution in [0.1, 0.15) is 18.1 Å². The fourth-order valence-electron chi connectivity index (χ4n) is 2.00. The lowest BCUT2D eigenvalue weighted by Gasteiger charge is -2.08. The van der Waals surface area contributed by atoms with Gasteiger partial charge in [0.15, 0.2) is 9.84 Å². The van der Waals surface area contributed by atoms with Gasteiger partial charge in [0.05, 0.1) is 11.5 Å². The maximum Gasteiger partial charge on any atom is 0.176 e. The van der Waals surface area contributed by atoms with Crippen molar-refractivity contribution in [2.24, 2.45) is 0 Å². The molecule has 21 heavy (non-hydrogen) atoms. The van der Waals surface area contributed by atoms with Crippen LogP contribution in [0.15, 0.2) is 53.4 Å². The summed E-state index contributed by atoms with van der Waals surface area (Å²) in [5.41, 5.74) is 1.64. The van der Waals surface area contributed by atoms with Gasteiger partial charge in [-0.05, 0) is 36.2 Å². The Bertz CT molecular complexity index is 732. The van der Waals surface area contributed by atoms with Crippen molar-refractivity contribution in [1.82, 2.24) is 0 Å². The molecule has 0 radical (unpaired) electrons. The van der Waals surface area contributed by atoms with Gasteiger partial charge in [0.2, 0.25) is 0 Å². The highest BCUT2D eigenvalue weighted by Crippen LogP contribution is 2.24. The highest BCUT2D eigenvalue weighted by atomic mass is 32.2. The standard InChI is InChI=1S/C17H18O3S/c1-3-20-16-11-12-17(21(2,18)19)15(13-16)10-9-14-7-5-4-6-8-14/h4-13H,3H2,1-2H3/b10-9+. The molecule has 0 atom stereocenters. The van der Waals surface area contributed by atoms with Crippen molar-refractivity contribution < 1.29 is 13.2 Å². The molecule has 0 aliphatic carbocycles. The monoisotopic (exact) mass is 302 g/mol. The van der Waals surface area contributed by atoms with Gasteiger partial charge in [0.1, 0.15) is 5.75 Å². The van der Waals surface area contributed by atoms with Crippen LogP contribution in [0.4, 0.5) is 0 Å². The molecule has 0 aliphatic heterocycles. The van der Waals surface area contributed by atoms with E-state index in [0.29, 0.717) is 22.8 Å². The third-order valence-electron chi connectivity index (χ3n) is 2.95. The Labute approximate surface area is 125 Å². The summed E-state index contributed by atoms with van der Waals surface area (Å²) in [4.78, 5) is 0.304. The predicted octanol–water partition coefficient (Wildman–Crippen LogP) is 3.66. The maximum atomic E-state index is 11.9. The molecular formula is C17H18O3S. The predicted molar refractivity (Wildman–Crippen MR) is 86.1 cm³/mol.